The van der Waals surface area contributed by atoms with Crippen molar-refractivity contribution in [2.45, 2.75) is 40.5 Å². The van der Waals surface area contributed by atoms with Gasteiger partial charge in [-0.25, -0.2) is 4.79 Å². The van der Waals surface area contributed by atoms with E-state index in [0.29, 0.717) is 12.2 Å². The second-order valence-electron chi connectivity index (χ2n) is 3.57. The molecular formula is C12H23NO2. The van der Waals surface area contributed by atoms with Crippen LogP contribution in [-0.4, -0.2) is 30.6 Å². The SMILES string of the molecule is CCCN(/C=C(\C)C(=O)OCC)CCC. The monoisotopic (exact) mass is 213 g/mol. The molecule has 0 radical (unpaired) electrons. The van der Waals surface area contributed by atoms with Crippen molar-refractivity contribution in [2.24, 2.45) is 0 Å². The molecule has 3 heteroatoms. The molecule has 0 bridgehead atoms. The summed E-state index contributed by atoms with van der Waals surface area (Å²) in [5.41, 5.74) is 0.679. The highest BCUT2D eigenvalue weighted by atomic mass is 16.5. The van der Waals surface area contributed by atoms with Crippen molar-refractivity contribution in [3.63, 3.8) is 0 Å². The summed E-state index contributed by atoms with van der Waals surface area (Å²) in [7, 11) is 0. The van der Waals surface area contributed by atoms with Crippen LogP contribution in [0.25, 0.3) is 0 Å². The first-order valence-electron chi connectivity index (χ1n) is 5.75. The normalized spacial score (nSPS) is 11.3. The highest BCUT2D eigenvalue weighted by molar-refractivity contribution is 5.87. The zero-order chi connectivity index (χ0) is 11.7. The molecule has 0 amide bonds. The van der Waals surface area contributed by atoms with E-state index in [9.17, 15) is 4.79 Å². The maximum absolute atomic E-state index is 11.4. The fraction of sp³-hybridized carbons (Fsp3) is 0.750. The maximum Gasteiger partial charge on any atom is 0.335 e. The molecule has 0 rings (SSSR count). The molecule has 0 atom stereocenters. The Morgan fingerprint density at radius 1 is 1.20 bits per heavy atom. The van der Waals surface area contributed by atoms with Crippen molar-refractivity contribution >= 4 is 5.97 Å². The predicted molar refractivity (Wildman–Crippen MR) is 62.5 cm³/mol. The molecule has 0 aromatic heterocycles. The number of carbonyl (C=O) groups is 1. The van der Waals surface area contributed by atoms with Gasteiger partial charge in [-0.05, 0) is 26.7 Å². The Balaban J connectivity index is 4.30. The summed E-state index contributed by atoms with van der Waals surface area (Å²) >= 11 is 0. The highest BCUT2D eigenvalue weighted by Crippen LogP contribution is 2.02. The predicted octanol–water partition coefficient (Wildman–Crippen LogP) is 2.58. The molecule has 88 valence electrons. The van der Waals surface area contributed by atoms with E-state index in [4.69, 9.17) is 4.74 Å². The molecule has 0 aliphatic carbocycles. The van der Waals surface area contributed by atoms with Gasteiger partial charge in [0, 0.05) is 24.9 Å². The largest absolute Gasteiger partial charge is 0.463 e. The Hall–Kier alpha value is -0.990. The standard InChI is InChI=1S/C12H23NO2/c1-5-8-13(9-6-2)10-11(4)12(14)15-7-3/h10H,5-9H2,1-4H3/b11-10+. The first kappa shape index (κ1) is 14.0. The molecule has 3 nitrogen and oxygen atoms in total. The van der Waals surface area contributed by atoms with Gasteiger partial charge in [0.1, 0.15) is 0 Å². The molecule has 0 fully saturated rings. The fourth-order valence-electron chi connectivity index (χ4n) is 1.39. The van der Waals surface area contributed by atoms with Crippen LogP contribution in [0.5, 0.6) is 0 Å². The third-order valence-electron chi connectivity index (χ3n) is 2.00. The Morgan fingerprint density at radius 3 is 2.13 bits per heavy atom. The zero-order valence-corrected chi connectivity index (χ0v) is 10.4. The average molecular weight is 213 g/mol. The van der Waals surface area contributed by atoms with Gasteiger partial charge in [-0.3, -0.25) is 0 Å². The molecule has 0 spiro atoms. The molecule has 0 heterocycles. The van der Waals surface area contributed by atoms with E-state index in [1.54, 1.807) is 6.92 Å². The fourth-order valence-corrected chi connectivity index (χ4v) is 1.39. The molecule has 0 aromatic carbocycles. The van der Waals surface area contributed by atoms with E-state index in [1.807, 2.05) is 13.1 Å². The van der Waals surface area contributed by atoms with Gasteiger partial charge in [-0.1, -0.05) is 13.8 Å². The van der Waals surface area contributed by atoms with Crippen LogP contribution in [0.15, 0.2) is 11.8 Å². The minimum Gasteiger partial charge on any atom is -0.463 e. The topological polar surface area (TPSA) is 29.5 Å². The van der Waals surface area contributed by atoms with Crippen molar-refractivity contribution in [1.82, 2.24) is 4.90 Å². The van der Waals surface area contributed by atoms with E-state index in [0.717, 1.165) is 25.9 Å². The summed E-state index contributed by atoms with van der Waals surface area (Å²) in [6.07, 6.45) is 4.09. The van der Waals surface area contributed by atoms with Gasteiger partial charge in [0.05, 0.1) is 6.61 Å². The molecule has 0 unspecified atom stereocenters. The van der Waals surface area contributed by atoms with E-state index < -0.39 is 0 Å². The van der Waals surface area contributed by atoms with Gasteiger partial charge in [-0.2, -0.15) is 0 Å². The number of nitrogens with zero attached hydrogens (tertiary/aromatic N) is 1. The first-order chi connectivity index (χ1) is 7.15. The van der Waals surface area contributed by atoms with Crippen molar-refractivity contribution in [2.75, 3.05) is 19.7 Å². The quantitative estimate of drug-likeness (QED) is 0.481. The molecule has 0 N–H and O–H groups in total. The van der Waals surface area contributed by atoms with Crippen LogP contribution in [0.1, 0.15) is 40.5 Å². The number of esters is 1. The Morgan fingerprint density at radius 2 is 1.73 bits per heavy atom. The highest BCUT2D eigenvalue weighted by Gasteiger charge is 2.06. The minimum absolute atomic E-state index is 0.213. The van der Waals surface area contributed by atoms with Crippen LogP contribution in [0.2, 0.25) is 0 Å². The second-order valence-corrected chi connectivity index (χ2v) is 3.57. The molecule has 0 saturated carbocycles. The zero-order valence-electron chi connectivity index (χ0n) is 10.4. The van der Waals surface area contributed by atoms with Gasteiger partial charge >= 0.3 is 5.97 Å². The third kappa shape index (κ3) is 6.15. The number of rotatable bonds is 7. The average Bonchev–Trinajstić information content (AvgIpc) is 2.18. The van der Waals surface area contributed by atoms with E-state index >= 15 is 0 Å². The number of hydrogen-bond acceptors (Lipinski definition) is 3. The molecule has 0 aromatic rings. The molecule has 0 aliphatic heterocycles. The van der Waals surface area contributed by atoms with Crippen molar-refractivity contribution in [1.29, 1.82) is 0 Å². The van der Waals surface area contributed by atoms with Crippen LogP contribution >= 0.6 is 0 Å². The van der Waals surface area contributed by atoms with Crippen LogP contribution < -0.4 is 0 Å². The second kappa shape index (κ2) is 8.33. The summed E-state index contributed by atoms with van der Waals surface area (Å²) in [4.78, 5) is 13.5. The van der Waals surface area contributed by atoms with Gasteiger partial charge < -0.3 is 9.64 Å². The van der Waals surface area contributed by atoms with Crippen LogP contribution in [0, 0.1) is 0 Å². The van der Waals surface area contributed by atoms with Crippen LogP contribution in [0.4, 0.5) is 0 Å². The first-order valence-corrected chi connectivity index (χ1v) is 5.75. The number of ether oxygens (including phenoxy) is 1. The van der Waals surface area contributed by atoms with Gasteiger partial charge in [0.15, 0.2) is 0 Å². The lowest BCUT2D eigenvalue weighted by Crippen LogP contribution is -2.21. The Bertz CT molecular complexity index is 206. The van der Waals surface area contributed by atoms with E-state index in [-0.39, 0.29) is 5.97 Å². The van der Waals surface area contributed by atoms with Gasteiger partial charge in [0.2, 0.25) is 0 Å². The lowest BCUT2D eigenvalue weighted by molar-refractivity contribution is -0.138. The lowest BCUT2D eigenvalue weighted by Gasteiger charge is -2.19. The molecule has 15 heavy (non-hydrogen) atoms. The van der Waals surface area contributed by atoms with Crippen molar-refractivity contribution in [3.05, 3.63) is 11.8 Å². The summed E-state index contributed by atoms with van der Waals surface area (Å²) < 4.78 is 4.93. The van der Waals surface area contributed by atoms with Gasteiger partial charge in [-0.15, -0.1) is 0 Å². The summed E-state index contributed by atoms with van der Waals surface area (Å²) in [5.74, 6) is -0.213. The smallest absolute Gasteiger partial charge is 0.335 e. The van der Waals surface area contributed by atoms with Crippen LogP contribution in [0.3, 0.4) is 0 Å². The molecular weight excluding hydrogens is 190 g/mol. The third-order valence-corrected chi connectivity index (χ3v) is 2.00. The van der Waals surface area contributed by atoms with E-state index in [2.05, 4.69) is 18.7 Å². The maximum atomic E-state index is 11.4. The summed E-state index contributed by atoms with van der Waals surface area (Å²) in [6.45, 7) is 10.3. The Kier molecular flexibility index (Phi) is 7.78. The summed E-state index contributed by atoms with van der Waals surface area (Å²) in [6, 6.07) is 0. The van der Waals surface area contributed by atoms with Crippen molar-refractivity contribution in [3.8, 4) is 0 Å². The van der Waals surface area contributed by atoms with Crippen LogP contribution in [-0.2, 0) is 9.53 Å². The number of carbonyl (C=O) groups excluding carboxylic acids is 1. The van der Waals surface area contributed by atoms with E-state index in [1.165, 1.54) is 0 Å². The number of hydrogen-bond donors (Lipinski definition) is 0. The minimum atomic E-state index is -0.213. The molecule has 0 aliphatic rings. The summed E-state index contributed by atoms with van der Waals surface area (Å²) in [5, 5.41) is 0. The Labute approximate surface area is 93.1 Å². The lowest BCUT2D eigenvalue weighted by atomic mass is 10.3. The van der Waals surface area contributed by atoms with Crippen molar-refractivity contribution < 1.29 is 9.53 Å². The molecule has 0 saturated heterocycles. The van der Waals surface area contributed by atoms with Gasteiger partial charge in [0.25, 0.3) is 0 Å².